The maximum atomic E-state index is 12.2. The molecule has 2 aromatic rings. The SMILES string of the molecule is O=[N+]([O-])c1cccc(S(=O)(=O)Nc2cnn(CC(F)F)c2)c1. The van der Waals surface area contributed by atoms with E-state index in [0.717, 1.165) is 29.2 Å². The van der Waals surface area contributed by atoms with Crippen molar-refractivity contribution in [1.29, 1.82) is 0 Å². The van der Waals surface area contributed by atoms with Gasteiger partial charge in [0.05, 0.1) is 21.7 Å². The molecule has 118 valence electrons. The Bertz CT molecular complexity index is 791. The molecule has 0 aliphatic rings. The van der Waals surface area contributed by atoms with Crippen molar-refractivity contribution < 1.29 is 22.1 Å². The number of alkyl halides is 2. The van der Waals surface area contributed by atoms with Crippen molar-refractivity contribution in [2.75, 3.05) is 4.72 Å². The second kappa shape index (κ2) is 6.05. The Morgan fingerprint density at radius 2 is 2.14 bits per heavy atom. The predicted molar refractivity (Wildman–Crippen MR) is 72.1 cm³/mol. The highest BCUT2D eigenvalue weighted by Gasteiger charge is 2.18. The van der Waals surface area contributed by atoms with Crippen LogP contribution < -0.4 is 4.72 Å². The molecule has 1 N–H and O–H groups in total. The van der Waals surface area contributed by atoms with E-state index >= 15 is 0 Å². The lowest BCUT2D eigenvalue weighted by Gasteiger charge is -2.05. The van der Waals surface area contributed by atoms with Gasteiger partial charge < -0.3 is 0 Å². The summed E-state index contributed by atoms with van der Waals surface area (Å²) in [5.41, 5.74) is -0.400. The molecule has 2 rings (SSSR count). The molecule has 0 unspecified atom stereocenters. The molecule has 0 aliphatic carbocycles. The molecule has 0 amide bonds. The first kappa shape index (κ1) is 15.8. The van der Waals surface area contributed by atoms with Crippen molar-refractivity contribution in [3.63, 3.8) is 0 Å². The lowest BCUT2D eigenvalue weighted by Crippen LogP contribution is -2.13. The van der Waals surface area contributed by atoms with E-state index in [1.807, 2.05) is 0 Å². The van der Waals surface area contributed by atoms with Crippen LogP contribution in [0.2, 0.25) is 0 Å². The number of halogens is 2. The first-order valence-corrected chi connectivity index (χ1v) is 7.34. The average molecular weight is 332 g/mol. The summed E-state index contributed by atoms with van der Waals surface area (Å²) >= 11 is 0. The van der Waals surface area contributed by atoms with Gasteiger partial charge in [-0.2, -0.15) is 5.10 Å². The maximum absolute atomic E-state index is 12.2. The van der Waals surface area contributed by atoms with Gasteiger partial charge in [0.15, 0.2) is 0 Å². The van der Waals surface area contributed by atoms with Crippen LogP contribution in [0.15, 0.2) is 41.6 Å². The van der Waals surface area contributed by atoms with Crippen LogP contribution in [-0.4, -0.2) is 29.5 Å². The summed E-state index contributed by atoms with van der Waals surface area (Å²) in [5, 5.41) is 14.2. The highest BCUT2D eigenvalue weighted by Crippen LogP contribution is 2.20. The number of hydrogen-bond donors (Lipinski definition) is 1. The fourth-order valence-corrected chi connectivity index (χ4v) is 2.70. The van der Waals surface area contributed by atoms with Gasteiger partial charge in [0, 0.05) is 18.3 Å². The number of anilines is 1. The van der Waals surface area contributed by atoms with Crippen molar-refractivity contribution >= 4 is 21.4 Å². The molecule has 11 heteroatoms. The Morgan fingerprint density at radius 3 is 2.77 bits per heavy atom. The summed E-state index contributed by atoms with van der Waals surface area (Å²) in [5.74, 6) is 0. The highest BCUT2D eigenvalue weighted by atomic mass is 32.2. The minimum Gasteiger partial charge on any atom is -0.276 e. The van der Waals surface area contributed by atoms with Crippen molar-refractivity contribution in [3.05, 3.63) is 46.8 Å². The van der Waals surface area contributed by atoms with Gasteiger partial charge in [0.1, 0.15) is 6.54 Å². The molecule has 0 spiro atoms. The molecule has 8 nitrogen and oxygen atoms in total. The molecule has 1 aromatic heterocycles. The van der Waals surface area contributed by atoms with Crippen molar-refractivity contribution in [3.8, 4) is 0 Å². The van der Waals surface area contributed by atoms with Crippen LogP contribution in [0.3, 0.4) is 0 Å². The predicted octanol–water partition coefficient (Wildman–Crippen LogP) is 1.86. The van der Waals surface area contributed by atoms with Crippen LogP contribution in [-0.2, 0) is 16.6 Å². The van der Waals surface area contributed by atoms with Gasteiger partial charge in [0.25, 0.3) is 22.1 Å². The number of aromatic nitrogens is 2. The summed E-state index contributed by atoms with van der Waals surface area (Å²) < 4.78 is 51.6. The Hall–Kier alpha value is -2.56. The standard InChI is InChI=1S/C11H10F2N4O4S/c12-11(13)7-16-6-8(5-14-16)15-22(20,21)10-3-1-2-9(4-10)17(18)19/h1-6,11,15H,7H2. The highest BCUT2D eigenvalue weighted by molar-refractivity contribution is 7.92. The molecular formula is C11H10F2N4O4S. The van der Waals surface area contributed by atoms with Crippen LogP contribution in [0.4, 0.5) is 20.2 Å². The Labute approximate surface area is 123 Å². The van der Waals surface area contributed by atoms with Crippen LogP contribution >= 0.6 is 0 Å². The molecule has 0 saturated carbocycles. The topological polar surface area (TPSA) is 107 Å². The minimum absolute atomic E-state index is 0.0212. The minimum atomic E-state index is -4.08. The normalized spacial score (nSPS) is 11.6. The van der Waals surface area contributed by atoms with Gasteiger partial charge in [-0.1, -0.05) is 6.07 Å². The van der Waals surface area contributed by atoms with Gasteiger partial charge >= 0.3 is 0 Å². The number of nitrogens with one attached hydrogen (secondary N) is 1. The third-order valence-electron chi connectivity index (χ3n) is 2.55. The second-order valence-electron chi connectivity index (χ2n) is 4.20. The van der Waals surface area contributed by atoms with Crippen LogP contribution in [0, 0.1) is 10.1 Å². The first-order chi connectivity index (χ1) is 10.3. The maximum Gasteiger partial charge on any atom is 0.270 e. The number of benzene rings is 1. The Morgan fingerprint density at radius 1 is 1.41 bits per heavy atom. The van der Waals surface area contributed by atoms with Crippen molar-refractivity contribution in [2.24, 2.45) is 0 Å². The number of rotatable bonds is 6. The number of hydrogen-bond acceptors (Lipinski definition) is 5. The molecule has 0 radical (unpaired) electrons. The monoisotopic (exact) mass is 332 g/mol. The fourth-order valence-electron chi connectivity index (χ4n) is 1.64. The largest absolute Gasteiger partial charge is 0.276 e. The molecule has 22 heavy (non-hydrogen) atoms. The van der Waals surface area contributed by atoms with Crippen molar-refractivity contribution in [1.82, 2.24) is 9.78 Å². The molecule has 0 bridgehead atoms. The summed E-state index contributed by atoms with van der Waals surface area (Å²) in [6.07, 6.45) is -0.459. The van der Waals surface area contributed by atoms with Crippen LogP contribution in [0.5, 0.6) is 0 Å². The lowest BCUT2D eigenvalue weighted by atomic mass is 10.3. The fraction of sp³-hybridized carbons (Fsp3) is 0.182. The average Bonchev–Trinajstić information content (AvgIpc) is 2.84. The molecule has 0 atom stereocenters. The summed E-state index contributed by atoms with van der Waals surface area (Å²) in [6.45, 7) is -0.668. The van der Waals surface area contributed by atoms with E-state index in [4.69, 9.17) is 0 Å². The second-order valence-corrected chi connectivity index (χ2v) is 5.88. The van der Waals surface area contributed by atoms with Gasteiger partial charge in [-0.15, -0.1) is 0 Å². The summed E-state index contributed by atoms with van der Waals surface area (Å²) in [6, 6.07) is 4.46. The smallest absolute Gasteiger partial charge is 0.270 e. The van der Waals surface area contributed by atoms with E-state index in [9.17, 15) is 27.3 Å². The number of non-ortho nitro benzene ring substituents is 1. The Kier molecular flexibility index (Phi) is 4.35. The van der Waals surface area contributed by atoms with Crippen LogP contribution in [0.1, 0.15) is 0 Å². The van der Waals surface area contributed by atoms with E-state index in [0.29, 0.717) is 0 Å². The quantitative estimate of drug-likeness (QED) is 0.642. The van der Waals surface area contributed by atoms with E-state index in [2.05, 4.69) is 9.82 Å². The molecule has 1 aromatic carbocycles. The first-order valence-electron chi connectivity index (χ1n) is 5.86. The zero-order valence-electron chi connectivity index (χ0n) is 10.9. The molecule has 0 saturated heterocycles. The van der Waals surface area contributed by atoms with E-state index in [1.54, 1.807) is 0 Å². The third kappa shape index (κ3) is 3.75. The van der Waals surface area contributed by atoms with Gasteiger partial charge in [-0.3, -0.25) is 19.5 Å². The summed E-state index contributed by atoms with van der Waals surface area (Å²) in [4.78, 5) is 9.61. The number of sulfonamides is 1. The number of nitro benzene ring substituents is 1. The van der Waals surface area contributed by atoms with Crippen molar-refractivity contribution in [2.45, 2.75) is 17.9 Å². The van der Waals surface area contributed by atoms with E-state index < -0.39 is 27.9 Å². The molecular weight excluding hydrogens is 322 g/mol. The van der Waals surface area contributed by atoms with E-state index in [-0.39, 0.29) is 16.3 Å². The zero-order chi connectivity index (χ0) is 16.3. The van der Waals surface area contributed by atoms with Gasteiger partial charge in [-0.25, -0.2) is 17.2 Å². The van der Waals surface area contributed by atoms with Gasteiger partial charge in [-0.05, 0) is 6.07 Å². The summed E-state index contributed by atoms with van der Waals surface area (Å²) in [7, 11) is -4.08. The third-order valence-corrected chi connectivity index (χ3v) is 3.93. The van der Waals surface area contributed by atoms with Gasteiger partial charge in [0.2, 0.25) is 0 Å². The Balaban J connectivity index is 2.22. The zero-order valence-corrected chi connectivity index (χ0v) is 11.7. The number of nitro groups is 1. The lowest BCUT2D eigenvalue weighted by molar-refractivity contribution is -0.385. The van der Waals surface area contributed by atoms with E-state index in [1.165, 1.54) is 12.1 Å². The molecule has 0 aliphatic heterocycles. The molecule has 1 heterocycles. The number of nitrogens with zero attached hydrogens (tertiary/aromatic N) is 3. The van der Waals surface area contributed by atoms with Crippen LogP contribution in [0.25, 0.3) is 0 Å². The molecule has 0 fully saturated rings.